The van der Waals surface area contributed by atoms with Crippen molar-refractivity contribution in [2.24, 2.45) is 5.73 Å². The van der Waals surface area contributed by atoms with Crippen LogP contribution in [0.1, 0.15) is 27.1 Å². The van der Waals surface area contributed by atoms with Gasteiger partial charge in [0.05, 0.1) is 21.2 Å². The zero-order valence-corrected chi connectivity index (χ0v) is 16.4. The van der Waals surface area contributed by atoms with Crippen molar-refractivity contribution in [2.75, 3.05) is 18.1 Å². The lowest BCUT2D eigenvalue weighted by Crippen LogP contribution is -2.28. The second kappa shape index (κ2) is 8.85. The van der Waals surface area contributed by atoms with Crippen LogP contribution in [0.15, 0.2) is 47.4 Å². The van der Waals surface area contributed by atoms with E-state index < -0.39 is 27.6 Å². The number of carbonyl (C=O) groups excluding carboxylic acids is 3. The number of hydrogen-bond acceptors (Lipinski definition) is 5. The molecule has 2 aromatic rings. The SMILES string of the molecule is CS(=O)(=O)c1cc(C(=O)Nc2ccccc2C(=O)NCCC(N)=O)ccc1Cl. The number of para-hydroxylation sites is 1. The van der Waals surface area contributed by atoms with Crippen LogP contribution in [0.4, 0.5) is 5.69 Å². The smallest absolute Gasteiger partial charge is 0.255 e. The van der Waals surface area contributed by atoms with Gasteiger partial charge >= 0.3 is 0 Å². The first-order valence-electron chi connectivity index (χ1n) is 8.06. The Bertz CT molecular complexity index is 1040. The summed E-state index contributed by atoms with van der Waals surface area (Å²) < 4.78 is 23.6. The number of nitrogens with one attached hydrogen (secondary N) is 2. The lowest BCUT2D eigenvalue weighted by atomic mass is 10.1. The van der Waals surface area contributed by atoms with Gasteiger partial charge in [-0.3, -0.25) is 14.4 Å². The van der Waals surface area contributed by atoms with Gasteiger partial charge in [-0.2, -0.15) is 0 Å². The number of sulfone groups is 1. The van der Waals surface area contributed by atoms with E-state index >= 15 is 0 Å². The highest BCUT2D eigenvalue weighted by Gasteiger charge is 2.18. The zero-order chi connectivity index (χ0) is 20.9. The van der Waals surface area contributed by atoms with Crippen molar-refractivity contribution < 1.29 is 22.8 Å². The highest BCUT2D eigenvalue weighted by Crippen LogP contribution is 2.23. The average Bonchev–Trinajstić information content (AvgIpc) is 2.61. The first kappa shape index (κ1) is 21.4. The number of amides is 3. The number of benzene rings is 2. The third-order valence-electron chi connectivity index (χ3n) is 3.67. The summed E-state index contributed by atoms with van der Waals surface area (Å²) >= 11 is 5.89. The molecular weight excluding hydrogens is 406 g/mol. The van der Waals surface area contributed by atoms with Gasteiger partial charge in [-0.1, -0.05) is 23.7 Å². The minimum atomic E-state index is -3.62. The second-order valence-electron chi connectivity index (χ2n) is 5.89. The molecule has 0 saturated carbocycles. The quantitative estimate of drug-likeness (QED) is 0.621. The summed E-state index contributed by atoms with van der Waals surface area (Å²) in [7, 11) is -3.62. The number of anilines is 1. The monoisotopic (exact) mass is 423 g/mol. The summed E-state index contributed by atoms with van der Waals surface area (Å²) in [4.78, 5) is 35.4. The fraction of sp³-hybridized carbons (Fsp3) is 0.167. The molecule has 148 valence electrons. The van der Waals surface area contributed by atoms with Gasteiger partial charge in [0.2, 0.25) is 5.91 Å². The van der Waals surface area contributed by atoms with Crippen LogP contribution in [-0.2, 0) is 14.6 Å². The van der Waals surface area contributed by atoms with Crippen LogP contribution in [0.5, 0.6) is 0 Å². The normalized spacial score (nSPS) is 10.9. The Morgan fingerprint density at radius 1 is 1.07 bits per heavy atom. The molecule has 0 fully saturated rings. The Labute approximate surface area is 167 Å². The Morgan fingerprint density at radius 3 is 2.39 bits per heavy atom. The van der Waals surface area contributed by atoms with Gasteiger partial charge in [0, 0.05) is 24.8 Å². The molecule has 0 saturated heterocycles. The molecular formula is C18H18ClN3O5S. The van der Waals surface area contributed by atoms with E-state index in [4.69, 9.17) is 17.3 Å². The van der Waals surface area contributed by atoms with E-state index in [0.29, 0.717) is 0 Å². The maximum absolute atomic E-state index is 12.5. The molecule has 4 N–H and O–H groups in total. The van der Waals surface area contributed by atoms with Crippen LogP contribution in [0, 0.1) is 0 Å². The van der Waals surface area contributed by atoms with E-state index in [1.54, 1.807) is 12.1 Å². The van der Waals surface area contributed by atoms with Gasteiger partial charge in [0.15, 0.2) is 9.84 Å². The topological polar surface area (TPSA) is 135 Å². The second-order valence-corrected chi connectivity index (χ2v) is 8.28. The van der Waals surface area contributed by atoms with Crippen molar-refractivity contribution in [2.45, 2.75) is 11.3 Å². The van der Waals surface area contributed by atoms with Crippen LogP contribution < -0.4 is 16.4 Å². The molecule has 0 aliphatic rings. The molecule has 8 nitrogen and oxygen atoms in total. The molecule has 0 aliphatic carbocycles. The molecule has 10 heteroatoms. The van der Waals surface area contributed by atoms with E-state index in [1.807, 2.05) is 0 Å². The molecule has 0 spiro atoms. The van der Waals surface area contributed by atoms with Crippen LogP contribution in [0.2, 0.25) is 5.02 Å². The summed E-state index contributed by atoms with van der Waals surface area (Å²) in [6, 6.07) is 10.1. The summed E-state index contributed by atoms with van der Waals surface area (Å²) in [6.45, 7) is 0.0609. The zero-order valence-electron chi connectivity index (χ0n) is 14.9. The highest BCUT2D eigenvalue weighted by atomic mass is 35.5. The molecule has 2 rings (SSSR count). The number of primary amides is 1. The number of carbonyl (C=O) groups is 3. The van der Waals surface area contributed by atoms with E-state index in [9.17, 15) is 22.8 Å². The first-order chi connectivity index (χ1) is 13.1. The van der Waals surface area contributed by atoms with Crippen LogP contribution >= 0.6 is 11.6 Å². The van der Waals surface area contributed by atoms with Gasteiger partial charge in [-0.25, -0.2) is 8.42 Å². The minimum absolute atomic E-state index is 0.00767. The molecule has 0 bridgehead atoms. The van der Waals surface area contributed by atoms with Gasteiger partial charge in [0.1, 0.15) is 0 Å². The van der Waals surface area contributed by atoms with E-state index in [-0.39, 0.29) is 39.7 Å². The molecule has 2 aromatic carbocycles. The highest BCUT2D eigenvalue weighted by molar-refractivity contribution is 7.90. The largest absolute Gasteiger partial charge is 0.370 e. The Balaban J connectivity index is 2.24. The molecule has 0 radical (unpaired) electrons. The standard InChI is InChI=1S/C18H18ClN3O5S/c1-28(26,27)15-10-11(6-7-13(15)19)17(24)22-14-5-3-2-4-12(14)18(25)21-9-8-16(20)23/h2-7,10H,8-9H2,1H3,(H2,20,23)(H,21,25)(H,22,24). The van der Waals surface area contributed by atoms with Crippen molar-refractivity contribution in [1.29, 1.82) is 0 Å². The fourth-order valence-electron chi connectivity index (χ4n) is 2.31. The maximum atomic E-state index is 12.5. The third kappa shape index (κ3) is 5.54. The number of hydrogen-bond donors (Lipinski definition) is 3. The van der Waals surface area contributed by atoms with E-state index in [0.717, 1.165) is 6.26 Å². The number of rotatable bonds is 7. The van der Waals surface area contributed by atoms with Crippen LogP contribution in [0.3, 0.4) is 0 Å². The van der Waals surface area contributed by atoms with Gasteiger partial charge in [-0.15, -0.1) is 0 Å². The van der Waals surface area contributed by atoms with Crippen molar-refractivity contribution in [1.82, 2.24) is 5.32 Å². The lowest BCUT2D eigenvalue weighted by molar-refractivity contribution is -0.117. The molecule has 0 aromatic heterocycles. The number of nitrogens with two attached hydrogens (primary N) is 1. The minimum Gasteiger partial charge on any atom is -0.370 e. The Kier molecular flexibility index (Phi) is 6.76. The first-order valence-corrected chi connectivity index (χ1v) is 10.3. The molecule has 3 amide bonds. The maximum Gasteiger partial charge on any atom is 0.255 e. The average molecular weight is 424 g/mol. The molecule has 0 unspecified atom stereocenters. The predicted octanol–water partition coefficient (Wildman–Crippen LogP) is 1.60. The van der Waals surface area contributed by atoms with Crippen LogP contribution in [-0.4, -0.2) is 38.9 Å². The lowest BCUT2D eigenvalue weighted by Gasteiger charge is -2.12. The third-order valence-corrected chi connectivity index (χ3v) is 5.25. The van der Waals surface area contributed by atoms with Gasteiger partial charge < -0.3 is 16.4 Å². The molecule has 0 heterocycles. The Hall–Kier alpha value is -2.91. The van der Waals surface area contributed by atoms with Crippen molar-refractivity contribution in [3.8, 4) is 0 Å². The summed E-state index contributed by atoms with van der Waals surface area (Å²) in [6.07, 6.45) is 0.973. The molecule has 28 heavy (non-hydrogen) atoms. The predicted molar refractivity (Wildman–Crippen MR) is 105 cm³/mol. The van der Waals surface area contributed by atoms with Gasteiger partial charge in [0.25, 0.3) is 11.8 Å². The molecule has 0 atom stereocenters. The van der Waals surface area contributed by atoms with Crippen molar-refractivity contribution in [3.63, 3.8) is 0 Å². The summed E-state index contributed by atoms with van der Waals surface area (Å²) in [5.74, 6) is -1.66. The Morgan fingerprint density at radius 2 is 1.75 bits per heavy atom. The van der Waals surface area contributed by atoms with E-state index in [2.05, 4.69) is 10.6 Å². The molecule has 0 aliphatic heterocycles. The van der Waals surface area contributed by atoms with E-state index in [1.165, 1.54) is 30.3 Å². The summed E-state index contributed by atoms with van der Waals surface area (Å²) in [5.41, 5.74) is 5.50. The van der Waals surface area contributed by atoms with Crippen LogP contribution in [0.25, 0.3) is 0 Å². The fourth-order valence-corrected chi connectivity index (χ4v) is 3.61. The van der Waals surface area contributed by atoms with Crippen molar-refractivity contribution >= 4 is 44.8 Å². The van der Waals surface area contributed by atoms with Crippen molar-refractivity contribution in [3.05, 3.63) is 58.6 Å². The van der Waals surface area contributed by atoms with Gasteiger partial charge in [-0.05, 0) is 30.3 Å². The summed E-state index contributed by atoms with van der Waals surface area (Å²) in [5, 5.41) is 5.12. The number of halogens is 1.